The van der Waals surface area contributed by atoms with Crippen molar-refractivity contribution < 1.29 is 19.1 Å². The van der Waals surface area contributed by atoms with Crippen LogP contribution in [0.25, 0.3) is 0 Å². The summed E-state index contributed by atoms with van der Waals surface area (Å²) in [5.41, 5.74) is 3.72. The van der Waals surface area contributed by atoms with Gasteiger partial charge in [-0.2, -0.15) is 0 Å². The summed E-state index contributed by atoms with van der Waals surface area (Å²) in [7, 11) is 1.52. The molecule has 5 heteroatoms. The van der Waals surface area contributed by atoms with E-state index in [-0.39, 0.29) is 18.6 Å². The summed E-state index contributed by atoms with van der Waals surface area (Å²) in [6, 6.07) is 12.5. The van der Waals surface area contributed by atoms with E-state index in [9.17, 15) is 9.59 Å². The minimum absolute atomic E-state index is 0.165. The number of aryl methyl sites for hydroxylation is 2. The normalized spacial score (nSPS) is 11.5. The van der Waals surface area contributed by atoms with Crippen LogP contribution in [0, 0.1) is 13.8 Å². The third-order valence-corrected chi connectivity index (χ3v) is 4.05. The van der Waals surface area contributed by atoms with Crippen LogP contribution in [0.15, 0.2) is 42.5 Å². The second-order valence-electron chi connectivity index (χ2n) is 5.94. The summed E-state index contributed by atoms with van der Waals surface area (Å²) in [6.07, 6.45) is 0. The van der Waals surface area contributed by atoms with Crippen molar-refractivity contribution in [3.8, 4) is 5.75 Å². The van der Waals surface area contributed by atoms with Crippen molar-refractivity contribution in [2.45, 2.75) is 26.8 Å². The van der Waals surface area contributed by atoms with Gasteiger partial charge in [0.05, 0.1) is 18.7 Å². The van der Waals surface area contributed by atoms with Crippen LogP contribution in [-0.2, 0) is 9.53 Å². The minimum Gasteiger partial charge on any atom is -0.497 e. The Kier molecular flexibility index (Phi) is 6.17. The first-order valence-electron chi connectivity index (χ1n) is 8.08. The number of nitrogens with one attached hydrogen (secondary N) is 1. The van der Waals surface area contributed by atoms with Crippen LogP contribution in [0.1, 0.15) is 40.0 Å². The van der Waals surface area contributed by atoms with Crippen LogP contribution >= 0.6 is 0 Å². The fourth-order valence-electron chi connectivity index (χ4n) is 2.36. The molecule has 1 N–H and O–H groups in total. The van der Waals surface area contributed by atoms with Crippen molar-refractivity contribution in [2.24, 2.45) is 0 Å². The molecule has 0 aliphatic carbocycles. The van der Waals surface area contributed by atoms with Crippen molar-refractivity contribution in [3.05, 3.63) is 64.7 Å². The van der Waals surface area contributed by atoms with Gasteiger partial charge in [-0.15, -0.1) is 0 Å². The van der Waals surface area contributed by atoms with Gasteiger partial charge in [-0.1, -0.05) is 24.3 Å². The molecule has 1 amide bonds. The van der Waals surface area contributed by atoms with Crippen molar-refractivity contribution >= 4 is 11.9 Å². The molecule has 25 heavy (non-hydrogen) atoms. The van der Waals surface area contributed by atoms with Crippen LogP contribution in [0.4, 0.5) is 0 Å². The number of esters is 1. The number of ether oxygens (including phenoxy) is 2. The van der Waals surface area contributed by atoms with E-state index in [1.54, 1.807) is 24.3 Å². The molecule has 2 aromatic rings. The van der Waals surface area contributed by atoms with Crippen molar-refractivity contribution in [3.63, 3.8) is 0 Å². The molecule has 0 heterocycles. The number of rotatable bonds is 6. The maximum absolute atomic E-state index is 12.0. The largest absolute Gasteiger partial charge is 0.497 e. The second-order valence-corrected chi connectivity index (χ2v) is 5.94. The maximum atomic E-state index is 12.0. The van der Waals surface area contributed by atoms with Gasteiger partial charge in [0.2, 0.25) is 0 Å². The van der Waals surface area contributed by atoms with E-state index in [4.69, 9.17) is 9.47 Å². The van der Waals surface area contributed by atoms with E-state index in [2.05, 4.69) is 5.32 Å². The molecular formula is C20H23NO4. The van der Waals surface area contributed by atoms with Crippen LogP contribution in [0.5, 0.6) is 5.75 Å². The van der Waals surface area contributed by atoms with Gasteiger partial charge in [-0.05, 0) is 55.7 Å². The topological polar surface area (TPSA) is 64.6 Å². The Balaban J connectivity index is 1.89. The highest BCUT2D eigenvalue weighted by Gasteiger charge is 2.14. The Morgan fingerprint density at radius 3 is 2.52 bits per heavy atom. The number of amides is 1. The molecule has 2 aromatic carbocycles. The Labute approximate surface area is 148 Å². The molecule has 5 nitrogen and oxygen atoms in total. The Hall–Kier alpha value is -2.82. The highest BCUT2D eigenvalue weighted by molar-refractivity contribution is 5.91. The molecule has 0 aliphatic heterocycles. The lowest BCUT2D eigenvalue weighted by Crippen LogP contribution is -2.31. The third-order valence-electron chi connectivity index (χ3n) is 4.05. The first kappa shape index (κ1) is 18.5. The zero-order valence-corrected chi connectivity index (χ0v) is 15.0. The Bertz CT molecular complexity index is 770. The lowest BCUT2D eigenvalue weighted by molar-refractivity contribution is -0.124. The van der Waals surface area contributed by atoms with Gasteiger partial charge in [-0.3, -0.25) is 4.79 Å². The quantitative estimate of drug-likeness (QED) is 0.819. The van der Waals surface area contributed by atoms with Crippen molar-refractivity contribution in [1.82, 2.24) is 5.32 Å². The molecule has 1 unspecified atom stereocenters. The van der Waals surface area contributed by atoms with Crippen LogP contribution in [0.3, 0.4) is 0 Å². The highest BCUT2D eigenvalue weighted by Crippen LogP contribution is 2.17. The SMILES string of the molecule is COc1cccc(C(=O)OCC(=O)NC(C)c2ccc(C)c(C)c2)c1. The molecule has 0 saturated heterocycles. The van der Waals surface area contributed by atoms with Crippen molar-refractivity contribution in [2.75, 3.05) is 13.7 Å². The average Bonchev–Trinajstić information content (AvgIpc) is 2.61. The van der Waals surface area contributed by atoms with Gasteiger partial charge in [0.1, 0.15) is 5.75 Å². The fraction of sp³-hybridized carbons (Fsp3) is 0.300. The standard InChI is InChI=1S/C20H23NO4/c1-13-8-9-16(10-14(13)2)15(3)21-19(22)12-25-20(23)17-6-5-7-18(11-17)24-4/h5-11,15H,12H2,1-4H3,(H,21,22). The molecular weight excluding hydrogens is 318 g/mol. The smallest absolute Gasteiger partial charge is 0.338 e. The summed E-state index contributed by atoms with van der Waals surface area (Å²) in [5, 5.41) is 2.83. The first-order chi connectivity index (χ1) is 11.9. The number of methoxy groups -OCH3 is 1. The predicted molar refractivity (Wildman–Crippen MR) is 95.8 cm³/mol. The number of hydrogen-bond donors (Lipinski definition) is 1. The predicted octanol–water partition coefficient (Wildman–Crippen LogP) is 3.35. The molecule has 0 aromatic heterocycles. The van der Waals surface area contributed by atoms with E-state index in [1.807, 2.05) is 39.0 Å². The van der Waals surface area contributed by atoms with Crippen molar-refractivity contribution in [1.29, 1.82) is 0 Å². The molecule has 0 radical (unpaired) electrons. The van der Waals surface area contributed by atoms with E-state index >= 15 is 0 Å². The molecule has 0 spiro atoms. The maximum Gasteiger partial charge on any atom is 0.338 e. The lowest BCUT2D eigenvalue weighted by Gasteiger charge is -2.16. The van der Waals surface area contributed by atoms with Gasteiger partial charge in [0.25, 0.3) is 5.91 Å². The number of carbonyl (C=O) groups is 2. The van der Waals surface area contributed by atoms with Gasteiger partial charge in [0.15, 0.2) is 6.61 Å². The fourth-order valence-corrected chi connectivity index (χ4v) is 2.36. The van der Waals surface area contributed by atoms with Crippen LogP contribution in [0.2, 0.25) is 0 Å². The highest BCUT2D eigenvalue weighted by atomic mass is 16.5. The summed E-state index contributed by atoms with van der Waals surface area (Å²) < 4.78 is 10.1. The van der Waals surface area contributed by atoms with E-state index < -0.39 is 5.97 Å². The number of hydrogen-bond acceptors (Lipinski definition) is 4. The lowest BCUT2D eigenvalue weighted by atomic mass is 10.0. The van der Waals surface area contributed by atoms with Crippen LogP contribution in [-0.4, -0.2) is 25.6 Å². The average molecular weight is 341 g/mol. The molecule has 0 bridgehead atoms. The molecule has 0 saturated carbocycles. The van der Waals surface area contributed by atoms with E-state index in [0.29, 0.717) is 11.3 Å². The third kappa shape index (κ3) is 5.08. The molecule has 0 aliphatic rings. The van der Waals surface area contributed by atoms with Gasteiger partial charge in [-0.25, -0.2) is 4.79 Å². The summed E-state index contributed by atoms with van der Waals surface area (Å²) >= 11 is 0. The molecule has 2 rings (SSSR count). The molecule has 1 atom stereocenters. The first-order valence-corrected chi connectivity index (χ1v) is 8.08. The zero-order chi connectivity index (χ0) is 18.4. The number of carbonyl (C=O) groups excluding carboxylic acids is 2. The number of benzene rings is 2. The Morgan fingerprint density at radius 2 is 1.84 bits per heavy atom. The molecule has 0 fully saturated rings. The van der Waals surface area contributed by atoms with Gasteiger partial charge >= 0.3 is 5.97 Å². The van der Waals surface area contributed by atoms with Crippen LogP contribution < -0.4 is 10.1 Å². The van der Waals surface area contributed by atoms with Gasteiger partial charge in [0, 0.05) is 0 Å². The summed E-state index contributed by atoms with van der Waals surface area (Å²) in [5.74, 6) is -0.350. The van der Waals surface area contributed by atoms with E-state index in [0.717, 1.165) is 5.56 Å². The van der Waals surface area contributed by atoms with E-state index in [1.165, 1.54) is 18.2 Å². The summed E-state index contributed by atoms with van der Waals surface area (Å²) in [4.78, 5) is 24.0. The Morgan fingerprint density at radius 1 is 1.08 bits per heavy atom. The second kappa shape index (κ2) is 8.33. The van der Waals surface area contributed by atoms with Gasteiger partial charge < -0.3 is 14.8 Å². The minimum atomic E-state index is -0.562. The summed E-state index contributed by atoms with van der Waals surface area (Å²) in [6.45, 7) is 5.64. The molecule has 132 valence electrons. The monoisotopic (exact) mass is 341 g/mol. The zero-order valence-electron chi connectivity index (χ0n) is 15.0.